The van der Waals surface area contributed by atoms with E-state index in [-0.39, 0.29) is 24.8 Å². The Bertz CT molecular complexity index is 855. The molecule has 1 aliphatic rings. The maximum Gasteiger partial charge on any atom is 0.267 e. The van der Waals surface area contributed by atoms with Crippen LogP contribution in [0, 0.1) is 11.3 Å². The normalized spacial score (nSPS) is 15.6. The van der Waals surface area contributed by atoms with Crippen molar-refractivity contribution in [1.29, 1.82) is 5.26 Å². The molecule has 0 bridgehead atoms. The molecule has 0 saturated carbocycles. The Morgan fingerprint density at radius 2 is 1.96 bits per heavy atom. The Balaban J connectivity index is 1.62. The molecule has 1 heterocycles. The van der Waals surface area contributed by atoms with E-state index < -0.39 is 6.10 Å². The number of ether oxygens (including phenoxy) is 1. The highest BCUT2D eigenvalue weighted by atomic mass is 16.5. The van der Waals surface area contributed by atoms with Crippen molar-refractivity contribution < 1.29 is 14.3 Å². The summed E-state index contributed by atoms with van der Waals surface area (Å²) in [5, 5.41) is 11.5. The zero-order chi connectivity index (χ0) is 18.5. The van der Waals surface area contributed by atoms with Crippen molar-refractivity contribution in [2.75, 3.05) is 16.8 Å². The van der Waals surface area contributed by atoms with Gasteiger partial charge in [0.1, 0.15) is 5.75 Å². The third kappa shape index (κ3) is 3.83. The first kappa shape index (κ1) is 17.5. The van der Waals surface area contributed by atoms with Gasteiger partial charge in [-0.2, -0.15) is 5.26 Å². The quantitative estimate of drug-likeness (QED) is 0.900. The van der Waals surface area contributed by atoms with Crippen LogP contribution in [-0.2, 0) is 16.0 Å². The minimum absolute atomic E-state index is 0.155. The van der Waals surface area contributed by atoms with E-state index in [0.29, 0.717) is 23.5 Å². The van der Waals surface area contributed by atoms with Crippen molar-refractivity contribution in [3.63, 3.8) is 0 Å². The number of carbonyl (C=O) groups excluding carboxylic acids is 2. The molecule has 0 spiro atoms. The minimum Gasteiger partial charge on any atom is -0.479 e. The zero-order valence-corrected chi connectivity index (χ0v) is 14.4. The van der Waals surface area contributed by atoms with Crippen molar-refractivity contribution in [2.45, 2.75) is 25.9 Å². The molecule has 2 amide bonds. The van der Waals surface area contributed by atoms with Gasteiger partial charge in [0, 0.05) is 18.7 Å². The summed E-state index contributed by atoms with van der Waals surface area (Å²) in [6.07, 6.45) is -0.0572. The molecule has 0 radical (unpaired) electrons. The van der Waals surface area contributed by atoms with Gasteiger partial charge in [-0.3, -0.25) is 9.59 Å². The third-order valence-corrected chi connectivity index (χ3v) is 4.16. The molecule has 26 heavy (non-hydrogen) atoms. The van der Waals surface area contributed by atoms with Crippen LogP contribution in [0.25, 0.3) is 0 Å². The summed E-state index contributed by atoms with van der Waals surface area (Å²) in [7, 11) is 0. The predicted octanol–water partition coefficient (Wildman–Crippen LogP) is 2.90. The standard InChI is InChI=1S/C20H19N3O3/c1-14-20(25)23(17-4-2-3-5-18(17)26-14)13-11-19(24)22-16-8-6-15(7-9-16)10-12-21/h2-9,14H,10-11,13H2,1H3,(H,22,24). The number of nitriles is 1. The fraction of sp³-hybridized carbons (Fsp3) is 0.250. The first-order valence-electron chi connectivity index (χ1n) is 8.41. The van der Waals surface area contributed by atoms with Gasteiger partial charge < -0.3 is 15.0 Å². The van der Waals surface area contributed by atoms with Gasteiger partial charge in [-0.15, -0.1) is 0 Å². The van der Waals surface area contributed by atoms with E-state index in [0.717, 1.165) is 5.56 Å². The molecule has 1 aliphatic heterocycles. The van der Waals surface area contributed by atoms with Gasteiger partial charge in [0.25, 0.3) is 5.91 Å². The fourth-order valence-corrected chi connectivity index (χ4v) is 2.82. The van der Waals surface area contributed by atoms with Crippen molar-refractivity contribution >= 4 is 23.2 Å². The largest absolute Gasteiger partial charge is 0.479 e. The molecule has 0 saturated heterocycles. The van der Waals surface area contributed by atoms with Gasteiger partial charge in [-0.05, 0) is 36.8 Å². The molecular formula is C20H19N3O3. The van der Waals surface area contributed by atoms with E-state index in [2.05, 4.69) is 11.4 Å². The van der Waals surface area contributed by atoms with Crippen LogP contribution in [0.2, 0.25) is 0 Å². The molecule has 1 N–H and O–H groups in total. The van der Waals surface area contributed by atoms with Crippen LogP contribution in [0.1, 0.15) is 18.9 Å². The highest BCUT2D eigenvalue weighted by Crippen LogP contribution is 2.33. The average Bonchev–Trinajstić information content (AvgIpc) is 2.64. The summed E-state index contributed by atoms with van der Waals surface area (Å²) in [6.45, 7) is 1.98. The summed E-state index contributed by atoms with van der Waals surface area (Å²) in [5.41, 5.74) is 2.25. The van der Waals surface area contributed by atoms with Crippen molar-refractivity contribution in [3.8, 4) is 11.8 Å². The van der Waals surface area contributed by atoms with Crippen LogP contribution in [0.15, 0.2) is 48.5 Å². The number of hydrogen-bond acceptors (Lipinski definition) is 4. The molecular weight excluding hydrogens is 330 g/mol. The lowest BCUT2D eigenvalue weighted by Crippen LogP contribution is -2.45. The van der Waals surface area contributed by atoms with Gasteiger partial charge in [0.2, 0.25) is 5.91 Å². The number of rotatable bonds is 5. The molecule has 0 aliphatic carbocycles. The molecule has 3 rings (SSSR count). The molecule has 0 aromatic heterocycles. The Morgan fingerprint density at radius 3 is 2.69 bits per heavy atom. The second-order valence-electron chi connectivity index (χ2n) is 6.05. The maximum atomic E-state index is 12.4. The molecule has 132 valence electrons. The minimum atomic E-state index is -0.569. The first-order valence-corrected chi connectivity index (χ1v) is 8.41. The summed E-state index contributed by atoms with van der Waals surface area (Å²) in [4.78, 5) is 26.2. The van der Waals surface area contributed by atoms with E-state index in [1.807, 2.05) is 36.4 Å². The second-order valence-corrected chi connectivity index (χ2v) is 6.05. The summed E-state index contributed by atoms with van der Waals surface area (Å²) in [5.74, 6) is 0.313. The Labute approximate surface area is 152 Å². The zero-order valence-electron chi connectivity index (χ0n) is 14.4. The lowest BCUT2D eigenvalue weighted by molar-refractivity contribution is -0.125. The summed E-state index contributed by atoms with van der Waals surface area (Å²) < 4.78 is 5.59. The molecule has 6 heteroatoms. The van der Waals surface area contributed by atoms with E-state index in [1.54, 1.807) is 24.0 Å². The van der Waals surface area contributed by atoms with E-state index in [4.69, 9.17) is 10.00 Å². The number of para-hydroxylation sites is 2. The van der Waals surface area contributed by atoms with Gasteiger partial charge >= 0.3 is 0 Å². The van der Waals surface area contributed by atoms with Crippen LogP contribution in [0.5, 0.6) is 5.75 Å². The number of hydrogen-bond donors (Lipinski definition) is 1. The van der Waals surface area contributed by atoms with Gasteiger partial charge in [0.15, 0.2) is 6.10 Å². The lowest BCUT2D eigenvalue weighted by atomic mass is 10.1. The average molecular weight is 349 g/mol. The number of nitrogens with one attached hydrogen (secondary N) is 1. The molecule has 2 aromatic rings. The highest BCUT2D eigenvalue weighted by Gasteiger charge is 2.31. The van der Waals surface area contributed by atoms with E-state index >= 15 is 0 Å². The topological polar surface area (TPSA) is 82.4 Å². The maximum absolute atomic E-state index is 12.4. The number of benzene rings is 2. The van der Waals surface area contributed by atoms with Gasteiger partial charge in [0.05, 0.1) is 18.2 Å². The van der Waals surface area contributed by atoms with Crippen molar-refractivity contribution in [2.24, 2.45) is 0 Å². The summed E-state index contributed by atoms with van der Waals surface area (Å²) in [6, 6.07) is 16.5. The lowest BCUT2D eigenvalue weighted by Gasteiger charge is -2.32. The van der Waals surface area contributed by atoms with Crippen LogP contribution in [-0.4, -0.2) is 24.5 Å². The van der Waals surface area contributed by atoms with Gasteiger partial charge in [-0.1, -0.05) is 24.3 Å². The predicted molar refractivity (Wildman–Crippen MR) is 97.9 cm³/mol. The number of carbonyl (C=O) groups is 2. The van der Waals surface area contributed by atoms with Gasteiger partial charge in [-0.25, -0.2) is 0 Å². The first-order chi connectivity index (χ1) is 12.6. The Kier molecular flexibility index (Phi) is 5.18. The van der Waals surface area contributed by atoms with Crippen LogP contribution >= 0.6 is 0 Å². The van der Waals surface area contributed by atoms with Crippen LogP contribution < -0.4 is 15.0 Å². The smallest absolute Gasteiger partial charge is 0.267 e. The monoisotopic (exact) mass is 349 g/mol. The van der Waals surface area contributed by atoms with Crippen molar-refractivity contribution in [3.05, 3.63) is 54.1 Å². The van der Waals surface area contributed by atoms with Crippen molar-refractivity contribution in [1.82, 2.24) is 0 Å². The summed E-state index contributed by atoms with van der Waals surface area (Å²) >= 11 is 0. The molecule has 1 atom stereocenters. The molecule has 2 aromatic carbocycles. The number of anilines is 2. The Morgan fingerprint density at radius 1 is 1.23 bits per heavy atom. The molecule has 6 nitrogen and oxygen atoms in total. The van der Waals surface area contributed by atoms with Crippen LogP contribution in [0.4, 0.5) is 11.4 Å². The SMILES string of the molecule is CC1Oc2ccccc2N(CCC(=O)Nc2ccc(CC#N)cc2)C1=O. The highest BCUT2D eigenvalue weighted by molar-refractivity contribution is 6.00. The number of fused-ring (bicyclic) bond motifs is 1. The molecule has 0 fully saturated rings. The number of amides is 2. The van der Waals surface area contributed by atoms with E-state index in [9.17, 15) is 9.59 Å². The van der Waals surface area contributed by atoms with Crippen LogP contribution in [0.3, 0.4) is 0 Å². The van der Waals surface area contributed by atoms with E-state index in [1.165, 1.54) is 0 Å². The Hall–Kier alpha value is -3.33. The fourth-order valence-electron chi connectivity index (χ4n) is 2.82. The number of nitrogens with zero attached hydrogens (tertiary/aromatic N) is 2. The second kappa shape index (κ2) is 7.70. The third-order valence-electron chi connectivity index (χ3n) is 4.16. The molecule has 1 unspecified atom stereocenters.